The van der Waals surface area contributed by atoms with Gasteiger partial charge in [-0.3, -0.25) is 4.79 Å². The summed E-state index contributed by atoms with van der Waals surface area (Å²) in [5, 5.41) is 2.86. The molecule has 0 aliphatic carbocycles. The summed E-state index contributed by atoms with van der Waals surface area (Å²) < 4.78 is 36.0. The van der Waals surface area contributed by atoms with Crippen molar-refractivity contribution < 1.29 is 38.0 Å². The maximum atomic E-state index is 13.1. The summed E-state index contributed by atoms with van der Waals surface area (Å²) in [6.45, 7) is 10.7. The van der Waals surface area contributed by atoms with Crippen molar-refractivity contribution in [2.75, 3.05) is 46.6 Å². The molecule has 0 bridgehead atoms. The Morgan fingerprint density at radius 1 is 0.980 bits per heavy atom. The molecule has 3 aromatic carbocycles. The van der Waals surface area contributed by atoms with Gasteiger partial charge in [-0.1, -0.05) is 48.5 Å². The van der Waals surface area contributed by atoms with Crippen molar-refractivity contribution in [2.45, 2.75) is 83.7 Å². The molecular weight excluding hydrogens is 636 g/mol. The highest BCUT2D eigenvalue weighted by molar-refractivity contribution is 5.72. The van der Waals surface area contributed by atoms with E-state index >= 15 is 0 Å². The quantitative estimate of drug-likeness (QED) is 0.181. The number of likely N-dealkylation sites (tertiary alicyclic amines) is 1. The Morgan fingerprint density at radius 3 is 2.52 bits per heavy atom. The standard InChI is InChI=1S/C40H52N2O8/c1-28(43)41-20-18-30-11-8-12-31-24-34(49-38(30)31)27-48-37-25-42(39(44)50-40(2,3)4)21-19-35(37)29-14-16-33(17-15-29)47-23-9-22-46-26-32-10-6-7-13-36(32)45-5/h6-8,10-17,34-35,37H,9,18-27H2,1-5H3,(H,41,43). The summed E-state index contributed by atoms with van der Waals surface area (Å²) in [6, 6.07) is 22.2. The fourth-order valence-electron chi connectivity index (χ4n) is 6.42. The van der Waals surface area contributed by atoms with Gasteiger partial charge in [0.25, 0.3) is 0 Å². The van der Waals surface area contributed by atoms with Crippen LogP contribution in [0.3, 0.4) is 0 Å². The van der Waals surface area contributed by atoms with Crippen LogP contribution in [-0.2, 0) is 38.5 Å². The largest absolute Gasteiger partial charge is 0.496 e. The lowest BCUT2D eigenvalue weighted by atomic mass is 9.87. The van der Waals surface area contributed by atoms with Gasteiger partial charge in [-0.2, -0.15) is 0 Å². The Kier molecular flexibility index (Phi) is 13.0. The van der Waals surface area contributed by atoms with Crippen molar-refractivity contribution in [2.24, 2.45) is 0 Å². The number of benzene rings is 3. The monoisotopic (exact) mass is 688 g/mol. The summed E-state index contributed by atoms with van der Waals surface area (Å²) in [5.41, 5.74) is 3.81. The topological polar surface area (TPSA) is 105 Å². The lowest BCUT2D eigenvalue weighted by molar-refractivity contribution is -0.118. The summed E-state index contributed by atoms with van der Waals surface area (Å²) in [4.78, 5) is 26.2. The van der Waals surface area contributed by atoms with E-state index in [1.54, 1.807) is 12.0 Å². The third kappa shape index (κ3) is 10.6. The lowest BCUT2D eigenvalue weighted by Gasteiger charge is -2.39. The van der Waals surface area contributed by atoms with Crippen LogP contribution in [0.1, 0.15) is 68.7 Å². The predicted molar refractivity (Wildman–Crippen MR) is 191 cm³/mol. The van der Waals surface area contributed by atoms with Crippen LogP contribution < -0.4 is 19.5 Å². The zero-order chi connectivity index (χ0) is 35.5. The highest BCUT2D eigenvalue weighted by Crippen LogP contribution is 2.35. The van der Waals surface area contributed by atoms with Crippen molar-refractivity contribution in [3.8, 4) is 17.2 Å². The van der Waals surface area contributed by atoms with Gasteiger partial charge in [0, 0.05) is 44.3 Å². The first kappa shape index (κ1) is 37.0. The second-order valence-corrected chi connectivity index (χ2v) is 13.9. The van der Waals surface area contributed by atoms with Gasteiger partial charge in [-0.15, -0.1) is 0 Å². The molecule has 50 heavy (non-hydrogen) atoms. The SMILES string of the molecule is COc1ccccc1COCCCOc1ccc(C2CCN(C(=O)OC(C)(C)C)CC2OCC2Cc3cccc(CCNC(C)=O)c3O2)cc1. The van der Waals surface area contributed by atoms with Gasteiger partial charge < -0.3 is 38.6 Å². The van der Waals surface area contributed by atoms with Gasteiger partial charge in [-0.05, 0) is 68.5 Å². The van der Waals surface area contributed by atoms with Gasteiger partial charge in [0.1, 0.15) is 29.0 Å². The third-order valence-electron chi connectivity index (χ3n) is 8.85. The summed E-state index contributed by atoms with van der Waals surface area (Å²) >= 11 is 0. The zero-order valence-corrected chi connectivity index (χ0v) is 30.1. The number of methoxy groups -OCH3 is 1. The molecule has 0 aromatic heterocycles. The molecule has 0 spiro atoms. The van der Waals surface area contributed by atoms with E-state index in [1.807, 2.05) is 69.3 Å². The van der Waals surface area contributed by atoms with Crippen molar-refractivity contribution in [3.05, 3.63) is 89.0 Å². The lowest BCUT2D eigenvalue weighted by Crippen LogP contribution is -2.49. The van der Waals surface area contributed by atoms with Crippen molar-refractivity contribution in [1.29, 1.82) is 0 Å². The number of carbonyl (C=O) groups excluding carboxylic acids is 2. The van der Waals surface area contributed by atoms with E-state index in [9.17, 15) is 9.59 Å². The molecule has 1 saturated heterocycles. The Balaban J connectivity index is 1.16. The normalized spacial score (nSPS) is 18.6. The van der Waals surface area contributed by atoms with Gasteiger partial charge in [0.05, 0.1) is 46.2 Å². The molecular formula is C40H52N2O8. The molecule has 2 heterocycles. The second-order valence-electron chi connectivity index (χ2n) is 13.9. The number of piperidine rings is 1. The maximum Gasteiger partial charge on any atom is 0.410 e. The van der Waals surface area contributed by atoms with Crippen LogP contribution in [0.15, 0.2) is 66.7 Å². The number of carbonyl (C=O) groups is 2. The van der Waals surface area contributed by atoms with E-state index in [0.717, 1.165) is 58.8 Å². The number of amides is 2. The number of fused-ring (bicyclic) bond motifs is 1. The van der Waals surface area contributed by atoms with Crippen LogP contribution in [-0.4, -0.2) is 81.3 Å². The van der Waals surface area contributed by atoms with Crippen LogP contribution in [0, 0.1) is 0 Å². The molecule has 10 nitrogen and oxygen atoms in total. The number of para-hydroxylation sites is 2. The second kappa shape index (κ2) is 17.6. The molecule has 3 atom stereocenters. The molecule has 3 aromatic rings. The minimum atomic E-state index is -0.581. The first-order chi connectivity index (χ1) is 24.1. The minimum absolute atomic E-state index is 0.0448. The number of rotatable bonds is 15. The van der Waals surface area contributed by atoms with E-state index < -0.39 is 5.60 Å². The molecule has 2 aliphatic rings. The highest BCUT2D eigenvalue weighted by Gasteiger charge is 2.36. The number of ether oxygens (including phenoxy) is 6. The number of hydrogen-bond donors (Lipinski definition) is 1. The molecule has 0 radical (unpaired) electrons. The molecule has 5 rings (SSSR count). The van der Waals surface area contributed by atoms with Crippen LogP contribution >= 0.6 is 0 Å². The smallest absolute Gasteiger partial charge is 0.410 e. The molecule has 10 heteroatoms. The van der Waals surface area contributed by atoms with Gasteiger partial charge in [-0.25, -0.2) is 4.79 Å². The van der Waals surface area contributed by atoms with Gasteiger partial charge in [0.2, 0.25) is 5.91 Å². The van der Waals surface area contributed by atoms with Crippen molar-refractivity contribution in [3.63, 3.8) is 0 Å². The molecule has 270 valence electrons. The van der Waals surface area contributed by atoms with Crippen LogP contribution in [0.4, 0.5) is 4.79 Å². The third-order valence-corrected chi connectivity index (χ3v) is 8.85. The average Bonchev–Trinajstić information content (AvgIpc) is 3.52. The van der Waals surface area contributed by atoms with Gasteiger partial charge in [0.15, 0.2) is 0 Å². The van der Waals surface area contributed by atoms with Crippen LogP contribution in [0.5, 0.6) is 17.2 Å². The maximum absolute atomic E-state index is 13.1. The van der Waals surface area contributed by atoms with Crippen LogP contribution in [0.2, 0.25) is 0 Å². The molecule has 2 amide bonds. The van der Waals surface area contributed by atoms with Crippen molar-refractivity contribution in [1.82, 2.24) is 10.2 Å². The van der Waals surface area contributed by atoms with E-state index in [4.69, 9.17) is 28.4 Å². The number of nitrogens with one attached hydrogen (secondary N) is 1. The van der Waals surface area contributed by atoms with E-state index in [2.05, 4.69) is 23.5 Å². The summed E-state index contributed by atoms with van der Waals surface area (Å²) in [6.07, 6.45) is 2.24. The molecule has 3 unspecified atom stereocenters. The van der Waals surface area contributed by atoms with Crippen molar-refractivity contribution >= 4 is 12.0 Å². The Bertz CT molecular complexity index is 1550. The first-order valence-corrected chi connectivity index (χ1v) is 17.6. The highest BCUT2D eigenvalue weighted by atomic mass is 16.6. The summed E-state index contributed by atoms with van der Waals surface area (Å²) in [5.74, 6) is 2.56. The average molecular weight is 689 g/mol. The Hall–Kier alpha value is -4.28. The molecule has 1 fully saturated rings. The van der Waals surface area contributed by atoms with Crippen LogP contribution in [0.25, 0.3) is 0 Å². The molecule has 0 saturated carbocycles. The predicted octanol–water partition coefficient (Wildman–Crippen LogP) is 6.47. The Morgan fingerprint density at radius 2 is 1.76 bits per heavy atom. The number of hydrogen-bond acceptors (Lipinski definition) is 8. The molecule has 1 N–H and O–H groups in total. The fourth-order valence-corrected chi connectivity index (χ4v) is 6.42. The fraction of sp³-hybridized carbons (Fsp3) is 0.500. The van der Waals surface area contributed by atoms with E-state index in [-0.39, 0.29) is 30.1 Å². The van der Waals surface area contributed by atoms with E-state index in [0.29, 0.717) is 52.5 Å². The molecule has 2 aliphatic heterocycles. The van der Waals surface area contributed by atoms with Gasteiger partial charge >= 0.3 is 6.09 Å². The minimum Gasteiger partial charge on any atom is -0.496 e. The first-order valence-electron chi connectivity index (χ1n) is 17.6. The zero-order valence-electron chi connectivity index (χ0n) is 30.1. The number of nitrogens with zero attached hydrogens (tertiary/aromatic N) is 1. The summed E-state index contributed by atoms with van der Waals surface area (Å²) in [7, 11) is 1.66. The Labute approximate surface area is 296 Å². The van der Waals surface area contributed by atoms with E-state index in [1.165, 1.54) is 6.92 Å².